The van der Waals surface area contributed by atoms with Crippen LogP contribution in [0, 0.1) is 5.92 Å². The lowest BCUT2D eigenvalue weighted by molar-refractivity contribution is 0.0508. The molecular weight excluding hydrogens is 424 g/mol. The van der Waals surface area contributed by atoms with Crippen LogP contribution in [0.2, 0.25) is 0 Å². The molecule has 0 aliphatic heterocycles. The molecule has 5 nitrogen and oxygen atoms in total. The van der Waals surface area contributed by atoms with E-state index >= 15 is 0 Å². The molecule has 0 aromatic heterocycles. The van der Waals surface area contributed by atoms with Crippen LogP contribution in [0.5, 0.6) is 0 Å². The van der Waals surface area contributed by atoms with Gasteiger partial charge in [-0.1, -0.05) is 13.8 Å². The number of rotatable bonds is 2. The second-order valence-electron chi connectivity index (χ2n) is 3.29. The lowest BCUT2D eigenvalue weighted by atomic mass is 10.2. The second kappa shape index (κ2) is 10.5. The summed E-state index contributed by atoms with van der Waals surface area (Å²) in [6.07, 6.45) is -1.41. The first-order valence-electron chi connectivity index (χ1n) is 4.60. The molecule has 0 saturated heterocycles. The number of alkyl halides is 6. The van der Waals surface area contributed by atoms with Crippen LogP contribution >= 0.6 is 81.2 Å². The highest BCUT2D eigenvalue weighted by molar-refractivity contribution is 6.67. The molecule has 0 unspecified atom stereocenters. The maximum atomic E-state index is 10.5. The summed E-state index contributed by atoms with van der Waals surface area (Å²) in [5.41, 5.74) is -0.723. The van der Waals surface area contributed by atoms with Gasteiger partial charge in [-0.3, -0.25) is 0 Å². The zero-order valence-corrected chi connectivity index (χ0v) is 15.3. The minimum Gasteiger partial charge on any atom is -0.453 e. The zero-order chi connectivity index (χ0) is 16.6. The number of carbonyl (C=O) groups is 2. The molecule has 0 atom stereocenters. The van der Waals surface area contributed by atoms with Gasteiger partial charge >= 0.3 is 19.5 Å². The summed E-state index contributed by atoms with van der Waals surface area (Å²) in [7, 11) is 0. The summed E-state index contributed by atoms with van der Waals surface area (Å²) in [6, 6.07) is 0. The van der Waals surface area contributed by atoms with Crippen LogP contribution in [0.25, 0.3) is 0 Å². The van der Waals surface area contributed by atoms with Crippen LogP contribution in [0.4, 0.5) is 9.59 Å². The Morgan fingerprint density at radius 1 is 0.950 bits per heavy atom. The van der Waals surface area contributed by atoms with Crippen molar-refractivity contribution in [1.82, 2.24) is 0 Å². The van der Waals surface area contributed by atoms with E-state index in [2.05, 4.69) is 14.2 Å². The Morgan fingerprint density at radius 2 is 1.30 bits per heavy atom. The van der Waals surface area contributed by atoms with Gasteiger partial charge in [0.25, 0.3) is 0 Å². The predicted octanol–water partition coefficient (Wildman–Crippen LogP) is 5.81. The zero-order valence-electron chi connectivity index (χ0n) is 9.97. The van der Waals surface area contributed by atoms with Crippen LogP contribution in [-0.2, 0) is 14.2 Å². The summed E-state index contributed by atoms with van der Waals surface area (Å²) in [4.78, 5) is 20.4. The van der Waals surface area contributed by atoms with Crippen molar-refractivity contribution in [1.29, 1.82) is 0 Å². The van der Waals surface area contributed by atoms with Gasteiger partial charge in [-0.25, -0.2) is 9.59 Å². The van der Waals surface area contributed by atoms with Crippen LogP contribution in [0.15, 0.2) is 0 Å². The molecule has 0 saturated carbocycles. The smallest absolute Gasteiger partial charge is 0.453 e. The molecule has 20 heavy (non-hydrogen) atoms. The summed E-state index contributed by atoms with van der Waals surface area (Å²) >= 11 is 35.1. The van der Waals surface area contributed by atoms with Gasteiger partial charge in [-0.05, 0) is 75.5 Å². The monoisotopic (exact) mass is 430 g/mol. The van der Waals surface area contributed by atoms with E-state index in [0.29, 0.717) is 12.5 Å². The van der Waals surface area contributed by atoms with E-state index in [1.54, 1.807) is 0 Å². The van der Waals surface area contributed by atoms with Gasteiger partial charge in [-0.2, -0.15) is 0 Å². The maximum absolute atomic E-state index is 10.5. The second-order valence-corrected chi connectivity index (χ2v) is 7.95. The first-order chi connectivity index (χ1) is 8.73. The van der Waals surface area contributed by atoms with Crippen LogP contribution in [0.1, 0.15) is 13.8 Å². The van der Waals surface area contributed by atoms with Gasteiger partial charge in [-0.15, -0.1) is 0 Å². The Bertz CT molecular complexity index is 291. The van der Waals surface area contributed by atoms with Crippen molar-refractivity contribution in [2.24, 2.45) is 5.92 Å². The summed E-state index contributed by atoms with van der Waals surface area (Å²) in [6.45, 7) is 4.29. The van der Waals surface area contributed by atoms with Gasteiger partial charge in [0.1, 0.15) is 0 Å². The van der Waals surface area contributed by atoms with E-state index < -0.39 is 19.5 Å². The van der Waals surface area contributed by atoms with Crippen LogP contribution < -0.4 is 0 Å². The fraction of sp³-hybridized carbons (Fsp3) is 0.750. The molecule has 0 aromatic rings. The molecule has 0 heterocycles. The fourth-order valence-corrected chi connectivity index (χ4v) is 0.883. The van der Waals surface area contributed by atoms with Crippen molar-refractivity contribution in [3.8, 4) is 0 Å². The molecule has 0 fully saturated rings. The first-order valence-corrected chi connectivity index (χ1v) is 7.25. The highest BCUT2D eigenvalue weighted by atomic mass is 35.6. The van der Waals surface area contributed by atoms with Crippen LogP contribution in [-0.4, -0.2) is 26.1 Å². The number of ether oxygens (including phenoxy) is 3. The molecule has 0 aromatic carbocycles. The Balaban J connectivity index is 0. The standard InChI is InChI=1S/C5H9ClO2.C3Cl6O3/c1-4(2)3-8-5(6)7;4-2(5,6)11-1(10)12-3(7,8)9/h4H,3H2,1-2H3;. The molecule has 120 valence electrons. The van der Waals surface area contributed by atoms with Gasteiger partial charge in [0, 0.05) is 11.6 Å². The van der Waals surface area contributed by atoms with E-state index in [4.69, 9.17) is 81.2 Å². The SMILES string of the molecule is CC(C)COC(=O)Cl.O=C(OC(Cl)(Cl)Cl)OC(Cl)(Cl)Cl. The van der Waals surface area contributed by atoms with Crippen molar-refractivity contribution in [3.63, 3.8) is 0 Å². The molecule has 12 heteroatoms. The molecule has 0 N–H and O–H groups in total. The third-order valence-electron chi connectivity index (χ3n) is 0.928. The molecule has 0 aliphatic rings. The summed E-state index contributed by atoms with van der Waals surface area (Å²) < 4.78 is 7.93. The fourth-order valence-electron chi connectivity index (χ4n) is 0.442. The normalized spacial score (nSPS) is 11.3. The predicted molar refractivity (Wildman–Crippen MR) is 80.2 cm³/mol. The Labute approximate surface area is 150 Å². The third kappa shape index (κ3) is 23.8. The molecule has 0 amide bonds. The highest BCUT2D eigenvalue weighted by Crippen LogP contribution is 2.32. The minimum atomic E-state index is -2.24. The Morgan fingerprint density at radius 3 is 1.45 bits per heavy atom. The molecule has 0 spiro atoms. The molecule has 0 bridgehead atoms. The molecule has 0 rings (SSSR count). The lowest BCUT2D eigenvalue weighted by Crippen LogP contribution is -2.22. The largest absolute Gasteiger partial charge is 0.515 e. The van der Waals surface area contributed by atoms with Crippen molar-refractivity contribution in [2.45, 2.75) is 21.8 Å². The minimum absolute atomic E-state index is 0.359. The van der Waals surface area contributed by atoms with E-state index in [1.807, 2.05) is 13.8 Å². The molecule has 0 aliphatic carbocycles. The van der Waals surface area contributed by atoms with Crippen LogP contribution in [0.3, 0.4) is 0 Å². The van der Waals surface area contributed by atoms with E-state index in [1.165, 1.54) is 0 Å². The average Bonchev–Trinajstić information content (AvgIpc) is 2.08. The van der Waals surface area contributed by atoms with E-state index in [-0.39, 0.29) is 0 Å². The van der Waals surface area contributed by atoms with Gasteiger partial charge in [0.15, 0.2) is 0 Å². The third-order valence-corrected chi connectivity index (χ3v) is 1.50. The van der Waals surface area contributed by atoms with Gasteiger partial charge in [0.05, 0.1) is 6.61 Å². The van der Waals surface area contributed by atoms with Gasteiger partial charge in [0.2, 0.25) is 0 Å². The number of halogens is 7. The maximum Gasteiger partial charge on any atom is 0.515 e. The summed E-state index contributed by atoms with van der Waals surface area (Å²) in [5, 5.41) is 0. The van der Waals surface area contributed by atoms with Crippen molar-refractivity contribution in [3.05, 3.63) is 0 Å². The molecule has 0 radical (unpaired) electrons. The Hall–Kier alpha value is 0.770. The average molecular weight is 433 g/mol. The lowest BCUT2D eigenvalue weighted by Gasteiger charge is -2.15. The number of hydrogen-bond donors (Lipinski definition) is 0. The van der Waals surface area contributed by atoms with Crippen molar-refractivity contribution < 1.29 is 23.8 Å². The Kier molecular flexibility index (Phi) is 12.1. The van der Waals surface area contributed by atoms with Gasteiger partial charge < -0.3 is 14.2 Å². The first kappa shape index (κ1) is 23.0. The van der Waals surface area contributed by atoms with E-state index in [0.717, 1.165) is 0 Å². The van der Waals surface area contributed by atoms with Crippen molar-refractivity contribution in [2.75, 3.05) is 6.61 Å². The van der Waals surface area contributed by atoms with E-state index in [9.17, 15) is 9.59 Å². The number of hydrogen-bond acceptors (Lipinski definition) is 5. The topological polar surface area (TPSA) is 61.8 Å². The highest BCUT2D eigenvalue weighted by Gasteiger charge is 2.32. The van der Waals surface area contributed by atoms with Crippen molar-refractivity contribution >= 4 is 92.8 Å². The quantitative estimate of drug-likeness (QED) is 0.312. The molecular formula is C8H9Cl7O5. The summed E-state index contributed by atoms with van der Waals surface area (Å²) in [5.74, 6) is 0.359. The number of carbonyl (C=O) groups excluding carboxylic acids is 2.